The normalized spacial score (nSPS) is 11.0. The number of sulfone groups is 1. The first-order valence-electron chi connectivity index (χ1n) is 8.26. The molecule has 9 nitrogen and oxygen atoms in total. The Hall–Kier alpha value is -3.01. The number of nitrogens with one attached hydrogen (secondary N) is 1. The van der Waals surface area contributed by atoms with Gasteiger partial charge < -0.3 is 23.9 Å². The van der Waals surface area contributed by atoms with Gasteiger partial charge in [0.2, 0.25) is 11.7 Å². The van der Waals surface area contributed by atoms with Crippen molar-refractivity contribution in [1.29, 1.82) is 0 Å². The summed E-state index contributed by atoms with van der Waals surface area (Å²) in [6.07, 6.45) is 0. The van der Waals surface area contributed by atoms with Crippen molar-refractivity contribution in [3.63, 3.8) is 0 Å². The fourth-order valence-corrected chi connectivity index (χ4v) is 3.51. The van der Waals surface area contributed by atoms with E-state index in [9.17, 15) is 18.0 Å². The number of hydrogen-bond acceptors (Lipinski definition) is 8. The first-order chi connectivity index (χ1) is 13.3. The molecule has 0 fully saturated rings. The number of anilines is 1. The molecular weight excluding hydrogens is 390 g/mol. The number of benzene rings is 1. The maximum absolute atomic E-state index is 12.2. The largest absolute Gasteiger partial charge is 0.493 e. The Morgan fingerprint density at radius 1 is 1.07 bits per heavy atom. The first kappa shape index (κ1) is 21.3. The van der Waals surface area contributed by atoms with Crippen molar-refractivity contribution < 1.29 is 36.6 Å². The van der Waals surface area contributed by atoms with Crippen molar-refractivity contribution in [2.24, 2.45) is 0 Å². The number of carbonyl (C=O) groups is 2. The minimum absolute atomic E-state index is 0.0435. The summed E-state index contributed by atoms with van der Waals surface area (Å²) < 4.78 is 44.7. The predicted molar refractivity (Wildman–Crippen MR) is 100 cm³/mol. The van der Waals surface area contributed by atoms with Crippen LogP contribution in [0.3, 0.4) is 0 Å². The SMILES string of the molecule is CCOC(=O)c1ccc(CS(=O)(=O)CC(=O)Nc2ccc(OC)c(OC)c2)o1. The standard InChI is InChI=1S/C18H21NO8S/c1-4-26-18(21)15-8-6-13(27-15)10-28(22,23)11-17(20)19-12-5-7-14(24-2)16(9-12)25-3/h5-9H,4,10-11H2,1-3H3,(H,19,20). The van der Waals surface area contributed by atoms with Gasteiger partial charge in [0.25, 0.3) is 0 Å². The fraction of sp³-hybridized carbons (Fsp3) is 0.333. The lowest BCUT2D eigenvalue weighted by Gasteiger charge is -2.10. The van der Waals surface area contributed by atoms with Gasteiger partial charge in [-0.15, -0.1) is 0 Å². The van der Waals surface area contributed by atoms with Crippen molar-refractivity contribution >= 4 is 27.4 Å². The van der Waals surface area contributed by atoms with Gasteiger partial charge in [-0.25, -0.2) is 13.2 Å². The second-order valence-corrected chi connectivity index (χ2v) is 7.70. The summed E-state index contributed by atoms with van der Waals surface area (Å²) in [4.78, 5) is 23.7. The van der Waals surface area contributed by atoms with Crippen LogP contribution >= 0.6 is 0 Å². The Kier molecular flexibility index (Phi) is 7.05. The van der Waals surface area contributed by atoms with Crippen molar-refractivity contribution in [3.8, 4) is 11.5 Å². The van der Waals surface area contributed by atoms with Crippen LogP contribution in [0.5, 0.6) is 11.5 Å². The molecule has 0 bridgehead atoms. The molecule has 2 aromatic rings. The molecule has 152 valence electrons. The van der Waals surface area contributed by atoms with E-state index in [4.69, 9.17) is 18.6 Å². The van der Waals surface area contributed by atoms with Crippen LogP contribution in [0.1, 0.15) is 23.2 Å². The summed E-state index contributed by atoms with van der Waals surface area (Å²) in [6.45, 7) is 1.81. The number of amides is 1. The molecule has 0 spiro atoms. The van der Waals surface area contributed by atoms with Gasteiger partial charge in [0.1, 0.15) is 17.3 Å². The minimum atomic E-state index is -3.82. The van der Waals surface area contributed by atoms with Crippen LogP contribution in [0, 0.1) is 0 Å². The highest BCUT2D eigenvalue weighted by Gasteiger charge is 2.21. The van der Waals surface area contributed by atoms with Crippen molar-refractivity contribution in [2.45, 2.75) is 12.7 Å². The van der Waals surface area contributed by atoms with E-state index in [1.807, 2.05) is 0 Å². The van der Waals surface area contributed by atoms with Crippen LogP contribution < -0.4 is 14.8 Å². The number of hydrogen-bond donors (Lipinski definition) is 1. The smallest absolute Gasteiger partial charge is 0.374 e. The monoisotopic (exact) mass is 411 g/mol. The quantitative estimate of drug-likeness (QED) is 0.622. The first-order valence-corrected chi connectivity index (χ1v) is 10.1. The maximum atomic E-state index is 12.2. The van der Waals surface area contributed by atoms with Gasteiger partial charge in [-0.05, 0) is 31.2 Å². The molecule has 10 heteroatoms. The Labute approximate surface area is 162 Å². The van der Waals surface area contributed by atoms with Crippen LogP contribution in [0.25, 0.3) is 0 Å². The van der Waals surface area contributed by atoms with Crippen LogP contribution in [-0.2, 0) is 25.1 Å². The van der Waals surface area contributed by atoms with Gasteiger partial charge in [0.05, 0.1) is 20.8 Å². The molecule has 28 heavy (non-hydrogen) atoms. The lowest BCUT2D eigenvalue weighted by Crippen LogP contribution is -2.23. The highest BCUT2D eigenvalue weighted by molar-refractivity contribution is 7.91. The van der Waals surface area contributed by atoms with E-state index in [2.05, 4.69) is 5.32 Å². The fourth-order valence-electron chi connectivity index (χ4n) is 2.35. The summed E-state index contributed by atoms with van der Waals surface area (Å²) in [5, 5.41) is 2.49. The van der Waals surface area contributed by atoms with E-state index >= 15 is 0 Å². The molecule has 0 radical (unpaired) electrons. The maximum Gasteiger partial charge on any atom is 0.374 e. The Morgan fingerprint density at radius 3 is 2.43 bits per heavy atom. The predicted octanol–water partition coefficient (Wildman–Crippen LogP) is 2.03. The van der Waals surface area contributed by atoms with E-state index < -0.39 is 33.2 Å². The van der Waals surface area contributed by atoms with Gasteiger partial charge in [0, 0.05) is 11.8 Å². The average molecular weight is 411 g/mol. The molecule has 1 heterocycles. The van der Waals surface area contributed by atoms with Gasteiger partial charge in [-0.3, -0.25) is 4.79 Å². The molecule has 0 unspecified atom stereocenters. The van der Waals surface area contributed by atoms with Crippen molar-refractivity contribution in [2.75, 3.05) is 31.9 Å². The van der Waals surface area contributed by atoms with Gasteiger partial charge in [-0.2, -0.15) is 0 Å². The third-order valence-corrected chi connectivity index (χ3v) is 4.95. The highest BCUT2D eigenvalue weighted by atomic mass is 32.2. The van der Waals surface area contributed by atoms with Crippen LogP contribution in [0.15, 0.2) is 34.7 Å². The molecule has 0 atom stereocenters. The molecule has 0 aliphatic heterocycles. The Morgan fingerprint density at radius 2 is 1.79 bits per heavy atom. The summed E-state index contributed by atoms with van der Waals surface area (Å²) in [7, 11) is -0.898. The van der Waals surface area contributed by atoms with Gasteiger partial charge in [-0.1, -0.05) is 0 Å². The van der Waals surface area contributed by atoms with Crippen molar-refractivity contribution in [3.05, 3.63) is 41.9 Å². The minimum Gasteiger partial charge on any atom is -0.493 e. The lowest BCUT2D eigenvalue weighted by atomic mass is 10.2. The molecule has 0 saturated carbocycles. The van der Waals surface area contributed by atoms with E-state index in [0.29, 0.717) is 17.2 Å². The van der Waals surface area contributed by atoms with E-state index in [0.717, 1.165) is 0 Å². The Bertz CT molecular complexity index is 948. The van der Waals surface area contributed by atoms with Crippen LogP contribution in [0.4, 0.5) is 5.69 Å². The third-order valence-electron chi connectivity index (χ3n) is 3.52. The van der Waals surface area contributed by atoms with Gasteiger partial charge >= 0.3 is 5.97 Å². The molecule has 1 amide bonds. The molecule has 1 aromatic heterocycles. The number of ether oxygens (including phenoxy) is 3. The van der Waals surface area contributed by atoms with Crippen LogP contribution in [0.2, 0.25) is 0 Å². The zero-order valence-electron chi connectivity index (χ0n) is 15.7. The zero-order valence-corrected chi connectivity index (χ0v) is 16.5. The summed E-state index contributed by atoms with van der Waals surface area (Å²) in [5.41, 5.74) is 0.362. The topological polar surface area (TPSA) is 121 Å². The zero-order chi connectivity index (χ0) is 20.7. The molecule has 0 aliphatic rings. The number of furan rings is 1. The third kappa shape index (κ3) is 5.74. The number of rotatable bonds is 9. The summed E-state index contributed by atoms with van der Waals surface area (Å²) in [6, 6.07) is 7.34. The molecule has 0 aliphatic carbocycles. The molecule has 1 N–H and O–H groups in total. The summed E-state index contributed by atoms with van der Waals surface area (Å²) in [5.74, 6) is -1.86. The van der Waals surface area contributed by atoms with E-state index in [1.165, 1.54) is 32.4 Å². The number of carbonyl (C=O) groups excluding carboxylic acids is 2. The van der Waals surface area contributed by atoms with Crippen molar-refractivity contribution in [1.82, 2.24) is 0 Å². The number of methoxy groups -OCH3 is 2. The summed E-state index contributed by atoms with van der Waals surface area (Å²) >= 11 is 0. The van der Waals surface area contributed by atoms with E-state index in [1.54, 1.807) is 19.1 Å². The van der Waals surface area contributed by atoms with E-state index in [-0.39, 0.29) is 18.1 Å². The average Bonchev–Trinajstić information content (AvgIpc) is 3.08. The van der Waals surface area contributed by atoms with Gasteiger partial charge in [0.15, 0.2) is 21.3 Å². The molecular formula is C18H21NO8S. The number of esters is 1. The molecule has 1 aromatic carbocycles. The lowest BCUT2D eigenvalue weighted by molar-refractivity contribution is -0.113. The second kappa shape index (κ2) is 9.27. The Balaban J connectivity index is 2.00. The molecule has 2 rings (SSSR count). The molecule has 0 saturated heterocycles. The second-order valence-electron chi connectivity index (χ2n) is 5.64. The van der Waals surface area contributed by atoms with Crippen LogP contribution in [-0.4, -0.2) is 46.9 Å². The highest BCUT2D eigenvalue weighted by Crippen LogP contribution is 2.29.